The molecular formula is C11H6BrN3O3. The summed E-state index contributed by atoms with van der Waals surface area (Å²) in [5.41, 5.74) is 0.955. The van der Waals surface area contributed by atoms with Crippen molar-refractivity contribution in [1.82, 2.24) is 10.1 Å². The SMILES string of the molecule is O=C1C(=O)N(Cc2ncon2)c2cc(Br)ccc21. The second kappa shape index (κ2) is 4.02. The highest BCUT2D eigenvalue weighted by atomic mass is 79.9. The Morgan fingerprint density at radius 3 is 2.89 bits per heavy atom. The number of hydrogen-bond acceptors (Lipinski definition) is 5. The monoisotopic (exact) mass is 307 g/mol. The number of carbonyl (C=O) groups is 2. The molecule has 7 heteroatoms. The molecule has 1 aliphatic heterocycles. The minimum Gasteiger partial charge on any atom is -0.343 e. The lowest BCUT2D eigenvalue weighted by Gasteiger charge is -2.13. The van der Waals surface area contributed by atoms with Crippen molar-refractivity contribution in [2.75, 3.05) is 4.90 Å². The number of carbonyl (C=O) groups excluding carboxylic acids is 2. The number of rotatable bonds is 2. The maximum absolute atomic E-state index is 11.9. The van der Waals surface area contributed by atoms with Crippen LogP contribution in [0.5, 0.6) is 0 Å². The molecule has 2 aromatic rings. The molecule has 3 rings (SSSR count). The predicted molar refractivity (Wildman–Crippen MR) is 64.0 cm³/mol. The fraction of sp³-hybridized carbons (Fsp3) is 0.0909. The number of nitrogens with zero attached hydrogens (tertiary/aromatic N) is 3. The van der Waals surface area contributed by atoms with Gasteiger partial charge in [-0.3, -0.25) is 14.5 Å². The zero-order valence-electron chi connectivity index (χ0n) is 8.96. The number of benzene rings is 1. The van der Waals surface area contributed by atoms with E-state index in [-0.39, 0.29) is 6.54 Å². The molecule has 0 N–H and O–H groups in total. The first-order valence-corrected chi connectivity index (χ1v) is 5.87. The van der Waals surface area contributed by atoms with Gasteiger partial charge in [-0.1, -0.05) is 21.1 Å². The highest BCUT2D eigenvalue weighted by Crippen LogP contribution is 2.32. The van der Waals surface area contributed by atoms with Crippen molar-refractivity contribution in [3.63, 3.8) is 0 Å². The van der Waals surface area contributed by atoms with Crippen molar-refractivity contribution in [3.05, 3.63) is 40.5 Å². The average Bonchev–Trinajstić information content (AvgIpc) is 2.93. The zero-order valence-corrected chi connectivity index (χ0v) is 10.5. The largest absolute Gasteiger partial charge is 0.343 e. The molecule has 0 unspecified atom stereocenters. The van der Waals surface area contributed by atoms with Gasteiger partial charge >= 0.3 is 0 Å². The molecule has 0 radical (unpaired) electrons. The minimum atomic E-state index is -0.576. The zero-order chi connectivity index (χ0) is 12.7. The second-order valence-corrected chi connectivity index (χ2v) is 4.65. The van der Waals surface area contributed by atoms with Crippen LogP contribution in [0.25, 0.3) is 0 Å². The standard InChI is InChI=1S/C11H6BrN3O3/c12-6-1-2-7-8(3-6)15(11(17)10(7)16)4-9-13-5-18-14-9/h1-3,5H,4H2. The summed E-state index contributed by atoms with van der Waals surface area (Å²) in [5, 5.41) is 3.63. The third kappa shape index (κ3) is 1.63. The van der Waals surface area contributed by atoms with Crippen molar-refractivity contribution in [2.24, 2.45) is 0 Å². The van der Waals surface area contributed by atoms with Crippen molar-refractivity contribution >= 4 is 33.3 Å². The van der Waals surface area contributed by atoms with E-state index < -0.39 is 11.7 Å². The summed E-state index contributed by atoms with van der Waals surface area (Å²) in [6, 6.07) is 5.07. The van der Waals surface area contributed by atoms with Crippen molar-refractivity contribution in [1.29, 1.82) is 0 Å². The van der Waals surface area contributed by atoms with E-state index >= 15 is 0 Å². The van der Waals surface area contributed by atoms with Gasteiger partial charge in [0.2, 0.25) is 6.39 Å². The fourth-order valence-corrected chi connectivity index (χ4v) is 2.18. The number of ketones is 1. The summed E-state index contributed by atoms with van der Waals surface area (Å²) >= 11 is 3.31. The lowest BCUT2D eigenvalue weighted by atomic mass is 10.1. The molecular weight excluding hydrogens is 302 g/mol. The Morgan fingerprint density at radius 2 is 2.17 bits per heavy atom. The van der Waals surface area contributed by atoms with Crippen LogP contribution in [-0.4, -0.2) is 21.8 Å². The van der Waals surface area contributed by atoms with E-state index in [1.165, 1.54) is 11.3 Å². The number of amides is 1. The summed E-state index contributed by atoms with van der Waals surface area (Å²) in [7, 11) is 0. The second-order valence-electron chi connectivity index (χ2n) is 3.73. The molecule has 2 heterocycles. The summed E-state index contributed by atoms with van der Waals surface area (Å²) < 4.78 is 5.40. The maximum atomic E-state index is 11.9. The van der Waals surface area contributed by atoms with Crippen LogP contribution in [0.1, 0.15) is 16.2 Å². The number of anilines is 1. The number of fused-ring (bicyclic) bond motifs is 1. The van der Waals surface area contributed by atoms with Gasteiger partial charge in [-0.25, -0.2) is 0 Å². The number of hydrogen-bond donors (Lipinski definition) is 0. The molecule has 1 aromatic carbocycles. The molecule has 0 atom stereocenters. The summed E-state index contributed by atoms with van der Waals surface area (Å²) in [6.07, 6.45) is 1.18. The van der Waals surface area contributed by atoms with E-state index in [0.717, 1.165) is 4.47 Å². The van der Waals surface area contributed by atoms with E-state index in [0.29, 0.717) is 17.1 Å². The molecule has 1 aliphatic rings. The number of aromatic nitrogens is 2. The lowest BCUT2D eigenvalue weighted by molar-refractivity contribution is -0.114. The van der Waals surface area contributed by atoms with Gasteiger partial charge in [-0.05, 0) is 18.2 Å². The summed E-state index contributed by atoms with van der Waals surface area (Å²) in [4.78, 5) is 28.8. The van der Waals surface area contributed by atoms with Crippen LogP contribution in [0.2, 0.25) is 0 Å². The van der Waals surface area contributed by atoms with Crippen molar-refractivity contribution in [3.8, 4) is 0 Å². The van der Waals surface area contributed by atoms with Gasteiger partial charge in [-0.15, -0.1) is 0 Å². The Bertz CT molecular complexity index is 639. The topological polar surface area (TPSA) is 76.3 Å². The summed E-state index contributed by atoms with van der Waals surface area (Å²) in [6.45, 7) is 0.116. The Hall–Kier alpha value is -2.02. The summed E-state index contributed by atoms with van der Waals surface area (Å²) in [5.74, 6) is -0.738. The molecule has 0 saturated heterocycles. The van der Waals surface area contributed by atoms with E-state index in [1.807, 2.05) is 0 Å². The number of halogens is 1. The van der Waals surface area contributed by atoms with Crippen LogP contribution in [0.4, 0.5) is 5.69 Å². The molecule has 0 bridgehead atoms. The molecule has 1 amide bonds. The highest BCUT2D eigenvalue weighted by molar-refractivity contribution is 9.10. The molecule has 0 aliphatic carbocycles. The molecule has 0 fully saturated rings. The lowest BCUT2D eigenvalue weighted by Crippen LogP contribution is -2.29. The van der Waals surface area contributed by atoms with Crippen LogP contribution in [0.3, 0.4) is 0 Å². The van der Waals surface area contributed by atoms with Gasteiger partial charge in [0.15, 0.2) is 5.82 Å². The Morgan fingerprint density at radius 1 is 1.33 bits per heavy atom. The molecule has 1 aromatic heterocycles. The predicted octanol–water partition coefficient (Wildman–Crippen LogP) is 1.56. The highest BCUT2D eigenvalue weighted by Gasteiger charge is 2.36. The third-order valence-corrected chi connectivity index (χ3v) is 3.13. The van der Waals surface area contributed by atoms with Gasteiger partial charge in [0, 0.05) is 4.47 Å². The van der Waals surface area contributed by atoms with Gasteiger partial charge in [0.25, 0.3) is 11.7 Å². The smallest absolute Gasteiger partial charge is 0.299 e. The van der Waals surface area contributed by atoms with Crippen LogP contribution < -0.4 is 4.90 Å². The molecule has 18 heavy (non-hydrogen) atoms. The fourth-order valence-electron chi connectivity index (χ4n) is 1.83. The van der Waals surface area contributed by atoms with Crippen LogP contribution in [-0.2, 0) is 11.3 Å². The number of Topliss-reactive ketones (excluding diaryl/α,β-unsaturated/α-hetero) is 1. The quantitative estimate of drug-likeness (QED) is 0.787. The van der Waals surface area contributed by atoms with Gasteiger partial charge in [-0.2, -0.15) is 4.98 Å². The van der Waals surface area contributed by atoms with E-state index in [2.05, 4.69) is 30.6 Å². The van der Waals surface area contributed by atoms with Crippen LogP contribution >= 0.6 is 15.9 Å². The van der Waals surface area contributed by atoms with Crippen LogP contribution in [0.15, 0.2) is 33.6 Å². The van der Waals surface area contributed by atoms with Gasteiger partial charge in [0.1, 0.15) is 0 Å². The Kier molecular flexibility index (Phi) is 2.48. The first-order valence-electron chi connectivity index (χ1n) is 5.08. The third-order valence-electron chi connectivity index (χ3n) is 2.64. The van der Waals surface area contributed by atoms with Crippen molar-refractivity contribution < 1.29 is 14.1 Å². The van der Waals surface area contributed by atoms with Gasteiger partial charge in [0.05, 0.1) is 17.8 Å². The average molecular weight is 308 g/mol. The van der Waals surface area contributed by atoms with E-state index in [1.54, 1.807) is 18.2 Å². The maximum Gasteiger partial charge on any atom is 0.299 e. The first-order chi connectivity index (χ1) is 8.66. The van der Waals surface area contributed by atoms with Crippen LogP contribution in [0, 0.1) is 0 Å². The molecule has 0 spiro atoms. The van der Waals surface area contributed by atoms with E-state index in [4.69, 9.17) is 0 Å². The van der Waals surface area contributed by atoms with Crippen molar-refractivity contribution in [2.45, 2.75) is 6.54 Å². The molecule has 90 valence electrons. The first kappa shape index (κ1) is 11.1. The van der Waals surface area contributed by atoms with E-state index in [9.17, 15) is 9.59 Å². The molecule has 0 saturated carbocycles. The Balaban J connectivity index is 2.03. The van der Waals surface area contributed by atoms with Gasteiger partial charge < -0.3 is 4.52 Å². The Labute approximate surface area is 110 Å². The minimum absolute atomic E-state index is 0.116. The molecule has 6 nitrogen and oxygen atoms in total. The normalized spacial score (nSPS) is 14.2.